The molecule has 14 heteroatoms. The first-order chi connectivity index (χ1) is 37.6. The predicted molar refractivity (Wildman–Crippen MR) is 308 cm³/mol. The Labute approximate surface area is 462 Å². The van der Waals surface area contributed by atoms with E-state index in [0.717, 1.165) is 128 Å². The van der Waals surface area contributed by atoms with E-state index in [1.54, 1.807) is 0 Å². The Hall–Kier alpha value is -3.87. The van der Waals surface area contributed by atoms with Gasteiger partial charge in [0.2, 0.25) is 5.91 Å². The van der Waals surface area contributed by atoms with Gasteiger partial charge >= 0.3 is 0 Å². The molecule has 0 bridgehead atoms. The molecule has 2 aliphatic rings. The van der Waals surface area contributed by atoms with Crippen LogP contribution < -0.4 is 5.32 Å². The summed E-state index contributed by atoms with van der Waals surface area (Å²) in [6, 6.07) is -0.853. The largest absolute Gasteiger partial charge is 0.394 e. The van der Waals surface area contributed by atoms with Crippen LogP contribution in [0.4, 0.5) is 0 Å². The van der Waals surface area contributed by atoms with Crippen molar-refractivity contribution in [2.24, 2.45) is 0 Å². The highest BCUT2D eigenvalue weighted by molar-refractivity contribution is 5.76. The summed E-state index contributed by atoms with van der Waals surface area (Å²) in [6.45, 7) is 2.60. The predicted octanol–water partition coefficient (Wildman–Crippen LogP) is 9.60. The van der Waals surface area contributed by atoms with Gasteiger partial charge < -0.3 is 65.1 Å². The summed E-state index contributed by atoms with van der Waals surface area (Å²) < 4.78 is 22.6. The Morgan fingerprint density at radius 1 is 0.481 bits per heavy atom. The molecule has 0 aromatic heterocycles. The topological polar surface area (TPSA) is 228 Å². The molecule has 1 amide bonds. The average molecular weight is 1080 g/mol. The first kappa shape index (κ1) is 69.2. The molecule has 0 aromatic carbocycles. The highest BCUT2D eigenvalue weighted by Crippen LogP contribution is 2.30. The number of nitrogens with one attached hydrogen (secondary N) is 1. The lowest BCUT2D eigenvalue weighted by Gasteiger charge is -2.46. The number of carbonyl (C=O) groups is 1. The van der Waals surface area contributed by atoms with E-state index >= 15 is 0 Å². The van der Waals surface area contributed by atoms with E-state index in [4.69, 9.17) is 18.9 Å². The number of ether oxygens (including phenoxy) is 4. The van der Waals surface area contributed by atoms with E-state index in [1.165, 1.54) is 0 Å². The third kappa shape index (κ3) is 32.7. The summed E-state index contributed by atoms with van der Waals surface area (Å²) >= 11 is 0. The van der Waals surface area contributed by atoms with Crippen LogP contribution >= 0.6 is 0 Å². The lowest BCUT2D eigenvalue weighted by molar-refractivity contribution is -0.359. The molecule has 2 fully saturated rings. The van der Waals surface area contributed by atoms with Crippen molar-refractivity contribution < 1.29 is 64.6 Å². The molecule has 2 rings (SSSR count). The Balaban J connectivity index is 1.62. The Morgan fingerprint density at radius 3 is 1.36 bits per heavy atom. The highest BCUT2D eigenvalue weighted by atomic mass is 16.7. The zero-order valence-electron chi connectivity index (χ0n) is 46.6. The van der Waals surface area contributed by atoms with Crippen molar-refractivity contribution in [3.63, 3.8) is 0 Å². The molecule has 14 nitrogen and oxygen atoms in total. The van der Waals surface area contributed by atoms with Gasteiger partial charge in [-0.05, 0) is 96.3 Å². The molecule has 77 heavy (non-hydrogen) atoms. The summed E-state index contributed by atoms with van der Waals surface area (Å²) in [6.07, 6.45) is 52.3. The van der Waals surface area contributed by atoms with Gasteiger partial charge in [0.25, 0.3) is 0 Å². The summed E-state index contributed by atoms with van der Waals surface area (Å²) in [5.41, 5.74) is 0. The van der Waals surface area contributed by atoms with E-state index < -0.39 is 86.8 Å². The second-order valence-corrected chi connectivity index (χ2v) is 19.7. The summed E-state index contributed by atoms with van der Waals surface area (Å²) in [4.78, 5) is 13.1. The van der Waals surface area contributed by atoms with Crippen molar-refractivity contribution in [2.75, 3.05) is 19.8 Å². The van der Waals surface area contributed by atoms with Gasteiger partial charge in [-0.15, -0.1) is 0 Å². The van der Waals surface area contributed by atoms with Gasteiger partial charge in [-0.1, -0.05) is 192 Å². The SMILES string of the molecule is CC/C=C\C/C=C\C/C=C\C/C=C\C/C=C\C/C=C\C/C=C\C/C=C\C/C=C\C/C=C\C/C=C\CCCCCC(=O)NC(COC1OC(CO)C(OC2OC(CO)C(O)C(O)C2O)C(O)C1O)C(O)CCCCCCCC. The fourth-order valence-electron chi connectivity index (χ4n) is 8.47. The molecule has 9 N–H and O–H groups in total. The normalized spacial score (nSPS) is 25.7. The van der Waals surface area contributed by atoms with Gasteiger partial charge in [-0.2, -0.15) is 0 Å². The number of rotatable bonds is 43. The number of hydrogen-bond acceptors (Lipinski definition) is 13. The quantitative estimate of drug-likeness (QED) is 0.0205. The van der Waals surface area contributed by atoms with Gasteiger partial charge in [-0.3, -0.25) is 4.79 Å². The van der Waals surface area contributed by atoms with Gasteiger partial charge in [0, 0.05) is 6.42 Å². The van der Waals surface area contributed by atoms with Gasteiger partial charge in [0.1, 0.15) is 48.8 Å². The third-order valence-corrected chi connectivity index (χ3v) is 13.1. The smallest absolute Gasteiger partial charge is 0.220 e. The zero-order valence-corrected chi connectivity index (χ0v) is 46.6. The Bertz CT molecular complexity index is 1800. The standard InChI is InChI=1S/C63H101NO13/c1-3-5-7-9-11-12-13-14-15-16-17-18-19-20-21-22-23-24-25-26-27-28-29-30-31-32-33-34-35-36-37-38-39-40-41-43-45-47-55(68)64-51(52(67)46-44-42-10-8-6-4-2)50-74-62-60(73)58(71)61(54(49-66)76-62)77-63-59(72)57(70)56(69)53(48-65)75-63/h5,7,11-12,14-15,17-18,20-21,23-24,26-27,29-30,32-33,35-36,38-39,51-54,56-63,65-67,69-73H,3-4,6,8-10,13,16,19,22,25,28,31,34,37,40-50H2,1-2H3,(H,64,68)/b7-5-,12-11-,15-14-,18-17-,21-20-,24-23-,27-26-,30-29-,33-32-,36-35-,39-38-. The maximum absolute atomic E-state index is 13.1. The molecule has 0 saturated carbocycles. The van der Waals surface area contributed by atoms with Crippen LogP contribution in [-0.2, 0) is 23.7 Å². The fourth-order valence-corrected chi connectivity index (χ4v) is 8.47. The molecule has 12 atom stereocenters. The van der Waals surface area contributed by atoms with Crippen LogP contribution in [0.1, 0.15) is 162 Å². The lowest BCUT2D eigenvalue weighted by Crippen LogP contribution is -2.65. The summed E-state index contributed by atoms with van der Waals surface area (Å²) in [7, 11) is 0. The maximum atomic E-state index is 13.1. The molecule has 436 valence electrons. The number of hydrogen-bond donors (Lipinski definition) is 9. The van der Waals surface area contributed by atoms with Gasteiger partial charge in [0.05, 0.1) is 32.0 Å². The fraction of sp³-hybridized carbons (Fsp3) is 0.635. The molecule has 2 saturated heterocycles. The molecule has 0 spiro atoms. The minimum atomic E-state index is -1.79. The zero-order chi connectivity index (χ0) is 56.0. The van der Waals surface area contributed by atoms with Gasteiger partial charge in [0.15, 0.2) is 12.6 Å². The Morgan fingerprint density at radius 2 is 0.896 bits per heavy atom. The number of amides is 1. The van der Waals surface area contributed by atoms with E-state index in [2.05, 4.69) is 153 Å². The number of aliphatic hydroxyl groups is 8. The van der Waals surface area contributed by atoms with Crippen LogP contribution in [0.2, 0.25) is 0 Å². The van der Waals surface area contributed by atoms with Crippen molar-refractivity contribution in [3.05, 3.63) is 134 Å². The first-order valence-corrected chi connectivity index (χ1v) is 28.9. The average Bonchev–Trinajstić information content (AvgIpc) is 3.43. The van der Waals surface area contributed by atoms with Crippen molar-refractivity contribution >= 4 is 5.91 Å². The molecular weight excluding hydrogens is 979 g/mol. The first-order valence-electron chi connectivity index (χ1n) is 28.9. The number of unbranched alkanes of at least 4 members (excludes halogenated alkanes) is 8. The van der Waals surface area contributed by atoms with Crippen molar-refractivity contribution in [1.29, 1.82) is 0 Å². The van der Waals surface area contributed by atoms with Crippen LogP contribution in [0.15, 0.2) is 134 Å². The molecule has 2 heterocycles. The van der Waals surface area contributed by atoms with Crippen LogP contribution in [-0.4, -0.2) is 140 Å². The molecule has 12 unspecified atom stereocenters. The second-order valence-electron chi connectivity index (χ2n) is 19.7. The minimum Gasteiger partial charge on any atom is -0.394 e. The van der Waals surface area contributed by atoms with Crippen LogP contribution in [0.25, 0.3) is 0 Å². The molecular formula is C63H101NO13. The summed E-state index contributed by atoms with van der Waals surface area (Å²) in [5.74, 6) is -0.252. The number of carbonyl (C=O) groups excluding carboxylic acids is 1. The third-order valence-electron chi connectivity index (χ3n) is 13.1. The Kier molecular flexibility index (Phi) is 42.2. The van der Waals surface area contributed by atoms with Crippen molar-refractivity contribution in [1.82, 2.24) is 5.32 Å². The van der Waals surface area contributed by atoms with Crippen LogP contribution in [0.3, 0.4) is 0 Å². The van der Waals surface area contributed by atoms with Crippen molar-refractivity contribution in [3.8, 4) is 0 Å². The maximum Gasteiger partial charge on any atom is 0.220 e. The molecule has 0 aromatic rings. The monoisotopic (exact) mass is 1080 g/mol. The number of allylic oxidation sites excluding steroid dienone is 22. The molecule has 0 radical (unpaired) electrons. The number of aliphatic hydroxyl groups excluding tert-OH is 8. The van der Waals surface area contributed by atoms with Crippen molar-refractivity contribution in [2.45, 2.75) is 235 Å². The van der Waals surface area contributed by atoms with E-state index in [-0.39, 0.29) is 18.9 Å². The summed E-state index contributed by atoms with van der Waals surface area (Å²) in [5, 5.41) is 86.6. The second kappa shape index (κ2) is 47.0. The van der Waals surface area contributed by atoms with E-state index in [0.29, 0.717) is 12.8 Å². The minimum absolute atomic E-state index is 0.252. The molecule has 2 aliphatic heterocycles. The van der Waals surface area contributed by atoms with Crippen LogP contribution in [0, 0.1) is 0 Å². The van der Waals surface area contributed by atoms with E-state index in [1.807, 2.05) is 0 Å². The van der Waals surface area contributed by atoms with Crippen LogP contribution in [0.5, 0.6) is 0 Å². The van der Waals surface area contributed by atoms with Gasteiger partial charge in [-0.25, -0.2) is 0 Å². The highest BCUT2D eigenvalue weighted by Gasteiger charge is 2.51. The molecule has 0 aliphatic carbocycles. The lowest BCUT2D eigenvalue weighted by atomic mass is 9.97. The van der Waals surface area contributed by atoms with E-state index in [9.17, 15) is 45.6 Å².